The van der Waals surface area contributed by atoms with Gasteiger partial charge >= 0.3 is 0 Å². The summed E-state index contributed by atoms with van der Waals surface area (Å²) < 4.78 is 5.73. The summed E-state index contributed by atoms with van der Waals surface area (Å²) in [6.45, 7) is 0.760. The number of nitrogens with one attached hydrogen (secondary N) is 2. The highest BCUT2D eigenvalue weighted by Crippen LogP contribution is 2.16. The van der Waals surface area contributed by atoms with Gasteiger partial charge < -0.3 is 15.1 Å². The normalized spacial score (nSPS) is 10.3. The summed E-state index contributed by atoms with van der Waals surface area (Å²) in [4.78, 5) is 11.9. The molecule has 2 N–H and O–H groups in total. The number of furan rings is 1. The first-order valence-corrected chi connectivity index (χ1v) is 6.28. The number of hydrogen-bond acceptors (Lipinski definition) is 3. The molecule has 1 heterocycles. The first kappa shape index (κ1) is 12.9. The number of benzene rings is 1. The number of halogens is 1. The molecule has 4 nitrogen and oxygen atoms in total. The van der Waals surface area contributed by atoms with Crippen LogP contribution in [0, 0.1) is 0 Å². The molecule has 94 valence electrons. The third-order valence-electron chi connectivity index (χ3n) is 2.36. The molecule has 1 aromatic carbocycles. The smallest absolute Gasteiger partial charge is 0.291 e. The van der Waals surface area contributed by atoms with E-state index < -0.39 is 0 Å². The standard InChI is InChI=1S/C13H13BrN2O2/c1-15-8-9-3-2-4-10(7-9)16-13(17)11-5-6-12(14)18-11/h2-7,15H,8H2,1H3,(H,16,17). The molecule has 0 aliphatic heterocycles. The highest BCUT2D eigenvalue weighted by Gasteiger charge is 2.10. The van der Waals surface area contributed by atoms with Gasteiger partial charge in [0, 0.05) is 12.2 Å². The van der Waals surface area contributed by atoms with Crippen LogP contribution in [0.3, 0.4) is 0 Å². The van der Waals surface area contributed by atoms with Crippen molar-refractivity contribution in [2.45, 2.75) is 6.54 Å². The summed E-state index contributed by atoms with van der Waals surface area (Å²) in [5.41, 5.74) is 1.86. The van der Waals surface area contributed by atoms with Crippen LogP contribution in [0.1, 0.15) is 16.1 Å². The van der Waals surface area contributed by atoms with E-state index in [4.69, 9.17) is 4.42 Å². The average Bonchev–Trinajstić information content (AvgIpc) is 2.77. The molecule has 5 heteroatoms. The van der Waals surface area contributed by atoms with Gasteiger partial charge in [0.2, 0.25) is 0 Å². The fourth-order valence-electron chi connectivity index (χ4n) is 1.59. The van der Waals surface area contributed by atoms with Crippen molar-refractivity contribution in [3.63, 3.8) is 0 Å². The SMILES string of the molecule is CNCc1cccc(NC(=O)c2ccc(Br)o2)c1. The zero-order valence-electron chi connectivity index (χ0n) is 9.87. The Morgan fingerprint density at radius 2 is 2.17 bits per heavy atom. The molecule has 18 heavy (non-hydrogen) atoms. The molecular formula is C13H13BrN2O2. The number of rotatable bonds is 4. The molecule has 1 aromatic heterocycles. The second-order valence-electron chi connectivity index (χ2n) is 3.79. The van der Waals surface area contributed by atoms with Crippen LogP contribution in [-0.2, 0) is 6.54 Å². The lowest BCUT2D eigenvalue weighted by Crippen LogP contribution is -2.11. The van der Waals surface area contributed by atoms with E-state index in [1.807, 2.05) is 31.3 Å². The van der Waals surface area contributed by atoms with Crippen molar-refractivity contribution < 1.29 is 9.21 Å². The van der Waals surface area contributed by atoms with Crippen LogP contribution in [0.5, 0.6) is 0 Å². The van der Waals surface area contributed by atoms with E-state index in [9.17, 15) is 4.79 Å². The van der Waals surface area contributed by atoms with Crippen molar-refractivity contribution in [1.82, 2.24) is 5.32 Å². The maximum absolute atomic E-state index is 11.9. The van der Waals surface area contributed by atoms with Crippen molar-refractivity contribution in [1.29, 1.82) is 0 Å². The molecule has 0 unspecified atom stereocenters. The van der Waals surface area contributed by atoms with Gasteiger partial charge in [-0.25, -0.2) is 0 Å². The van der Waals surface area contributed by atoms with Gasteiger partial charge in [0.1, 0.15) is 0 Å². The molecule has 0 atom stereocenters. The van der Waals surface area contributed by atoms with Crippen molar-refractivity contribution in [2.24, 2.45) is 0 Å². The molecule has 0 aliphatic rings. The summed E-state index contributed by atoms with van der Waals surface area (Å²) in [6, 6.07) is 11.0. The Balaban J connectivity index is 2.09. The number of hydrogen-bond donors (Lipinski definition) is 2. The topological polar surface area (TPSA) is 54.3 Å². The minimum absolute atomic E-state index is 0.262. The molecule has 2 rings (SSSR count). The van der Waals surface area contributed by atoms with Crippen molar-refractivity contribution in [2.75, 3.05) is 12.4 Å². The predicted octanol–water partition coefficient (Wildman–Crippen LogP) is 3.01. The Hall–Kier alpha value is -1.59. The molecule has 0 fully saturated rings. The van der Waals surface area contributed by atoms with E-state index >= 15 is 0 Å². The number of carbonyl (C=O) groups excluding carboxylic acids is 1. The Morgan fingerprint density at radius 1 is 1.33 bits per heavy atom. The van der Waals surface area contributed by atoms with E-state index in [1.165, 1.54) is 0 Å². The molecule has 2 aromatic rings. The predicted molar refractivity (Wildman–Crippen MR) is 73.6 cm³/mol. The number of anilines is 1. The summed E-state index contributed by atoms with van der Waals surface area (Å²) in [6.07, 6.45) is 0. The summed E-state index contributed by atoms with van der Waals surface area (Å²) >= 11 is 3.16. The lowest BCUT2D eigenvalue weighted by atomic mass is 10.2. The van der Waals surface area contributed by atoms with Crippen molar-refractivity contribution in [3.8, 4) is 0 Å². The third kappa shape index (κ3) is 3.21. The summed E-state index contributed by atoms with van der Waals surface area (Å²) in [7, 11) is 1.88. The van der Waals surface area contributed by atoms with E-state index in [1.54, 1.807) is 12.1 Å². The molecule has 0 spiro atoms. The lowest BCUT2D eigenvalue weighted by molar-refractivity contribution is 0.0995. The van der Waals surface area contributed by atoms with Crippen LogP contribution in [0.25, 0.3) is 0 Å². The molecule has 0 aliphatic carbocycles. The molecule has 0 saturated heterocycles. The fraction of sp³-hybridized carbons (Fsp3) is 0.154. The van der Waals surface area contributed by atoms with Gasteiger partial charge in [-0.3, -0.25) is 4.79 Å². The van der Waals surface area contributed by atoms with E-state index in [-0.39, 0.29) is 11.7 Å². The van der Waals surface area contributed by atoms with Gasteiger partial charge in [-0.1, -0.05) is 12.1 Å². The highest BCUT2D eigenvalue weighted by molar-refractivity contribution is 9.10. The third-order valence-corrected chi connectivity index (χ3v) is 2.79. The van der Waals surface area contributed by atoms with E-state index in [0.29, 0.717) is 4.67 Å². The van der Waals surface area contributed by atoms with Gasteiger partial charge in [-0.05, 0) is 52.8 Å². The molecule has 0 bridgehead atoms. The van der Waals surface area contributed by atoms with Gasteiger partial charge in [0.05, 0.1) is 0 Å². The fourth-order valence-corrected chi connectivity index (χ4v) is 1.90. The van der Waals surface area contributed by atoms with Crippen molar-refractivity contribution >= 4 is 27.5 Å². The van der Waals surface area contributed by atoms with Crippen LogP contribution >= 0.6 is 15.9 Å². The maximum atomic E-state index is 11.9. The second kappa shape index (κ2) is 5.84. The van der Waals surface area contributed by atoms with E-state index in [2.05, 4.69) is 26.6 Å². The van der Waals surface area contributed by atoms with Gasteiger partial charge in [0.15, 0.2) is 10.4 Å². The van der Waals surface area contributed by atoms with E-state index in [0.717, 1.165) is 17.8 Å². The molecule has 0 radical (unpaired) electrons. The second-order valence-corrected chi connectivity index (χ2v) is 4.57. The minimum atomic E-state index is -0.262. The average molecular weight is 309 g/mol. The first-order chi connectivity index (χ1) is 8.69. The number of amides is 1. The van der Waals surface area contributed by atoms with Crippen LogP contribution in [0.2, 0.25) is 0 Å². The molecular weight excluding hydrogens is 296 g/mol. The van der Waals surface area contributed by atoms with Crippen LogP contribution in [-0.4, -0.2) is 13.0 Å². The number of carbonyl (C=O) groups is 1. The Kier molecular flexibility index (Phi) is 4.17. The summed E-state index contributed by atoms with van der Waals surface area (Å²) in [5.74, 6) is 0.0169. The van der Waals surface area contributed by atoms with Crippen LogP contribution in [0.15, 0.2) is 45.5 Å². The Morgan fingerprint density at radius 3 is 2.83 bits per heavy atom. The quantitative estimate of drug-likeness (QED) is 0.913. The first-order valence-electron chi connectivity index (χ1n) is 5.49. The Labute approximate surface area is 114 Å². The minimum Gasteiger partial charge on any atom is -0.444 e. The zero-order chi connectivity index (χ0) is 13.0. The highest BCUT2D eigenvalue weighted by atomic mass is 79.9. The van der Waals surface area contributed by atoms with Gasteiger partial charge in [-0.2, -0.15) is 0 Å². The van der Waals surface area contributed by atoms with Crippen LogP contribution in [0.4, 0.5) is 5.69 Å². The summed E-state index contributed by atoms with van der Waals surface area (Å²) in [5, 5.41) is 5.85. The maximum Gasteiger partial charge on any atom is 0.291 e. The largest absolute Gasteiger partial charge is 0.444 e. The molecule has 1 amide bonds. The zero-order valence-corrected chi connectivity index (χ0v) is 11.5. The molecule has 0 saturated carbocycles. The van der Waals surface area contributed by atoms with Crippen molar-refractivity contribution in [3.05, 3.63) is 52.4 Å². The monoisotopic (exact) mass is 308 g/mol. The Bertz CT molecular complexity index is 551. The van der Waals surface area contributed by atoms with Gasteiger partial charge in [0.25, 0.3) is 5.91 Å². The lowest BCUT2D eigenvalue weighted by Gasteiger charge is -2.05. The van der Waals surface area contributed by atoms with Crippen LogP contribution < -0.4 is 10.6 Å². The van der Waals surface area contributed by atoms with Gasteiger partial charge in [-0.15, -0.1) is 0 Å².